The van der Waals surface area contributed by atoms with Gasteiger partial charge in [0, 0.05) is 22.6 Å². The monoisotopic (exact) mass is 342 g/mol. The molecule has 1 amide bonds. The Labute approximate surface area is 142 Å². The van der Waals surface area contributed by atoms with Crippen molar-refractivity contribution in [3.63, 3.8) is 0 Å². The molecule has 2 N–H and O–H groups in total. The summed E-state index contributed by atoms with van der Waals surface area (Å²) in [6, 6.07) is 14.1. The molecular weight excluding hydrogens is 331 g/mol. The van der Waals surface area contributed by atoms with Gasteiger partial charge in [0.25, 0.3) is 5.91 Å². The van der Waals surface area contributed by atoms with Crippen LogP contribution in [0.25, 0.3) is 0 Å². The summed E-state index contributed by atoms with van der Waals surface area (Å²) in [5.41, 5.74) is 1.27. The van der Waals surface area contributed by atoms with Gasteiger partial charge in [0.15, 0.2) is 0 Å². The molecule has 0 bridgehead atoms. The molecule has 7 heteroatoms. The van der Waals surface area contributed by atoms with E-state index >= 15 is 0 Å². The van der Waals surface area contributed by atoms with Crippen LogP contribution in [-0.2, 0) is 0 Å². The summed E-state index contributed by atoms with van der Waals surface area (Å²) in [7, 11) is 0. The van der Waals surface area contributed by atoms with Crippen LogP contribution in [0.1, 0.15) is 10.5 Å². The summed E-state index contributed by atoms with van der Waals surface area (Å²) >= 11 is 5.81. The van der Waals surface area contributed by atoms with Crippen molar-refractivity contribution in [3.8, 4) is 0 Å². The molecule has 120 valence electrons. The number of hydrogen-bond donors (Lipinski definition) is 2. The third kappa shape index (κ3) is 4.05. The summed E-state index contributed by atoms with van der Waals surface area (Å²) in [6.45, 7) is 0. The zero-order valence-corrected chi connectivity index (χ0v) is 13.1. The number of hydrogen-bond acceptors (Lipinski definition) is 4. The third-order valence-corrected chi connectivity index (χ3v) is 3.32. The predicted molar refractivity (Wildman–Crippen MR) is 91.1 cm³/mol. The molecule has 0 unspecified atom stereocenters. The molecule has 1 aromatic heterocycles. The molecule has 24 heavy (non-hydrogen) atoms. The maximum absolute atomic E-state index is 13.2. The highest BCUT2D eigenvalue weighted by atomic mass is 35.5. The van der Waals surface area contributed by atoms with Crippen LogP contribution in [0.3, 0.4) is 0 Å². The van der Waals surface area contributed by atoms with Crippen LogP contribution < -0.4 is 10.6 Å². The molecule has 3 rings (SSSR count). The highest BCUT2D eigenvalue weighted by Gasteiger charge is 2.09. The second-order valence-corrected chi connectivity index (χ2v) is 5.30. The van der Waals surface area contributed by atoms with Gasteiger partial charge in [-0.1, -0.05) is 17.7 Å². The second kappa shape index (κ2) is 7.06. The Hall–Kier alpha value is -2.99. The molecular formula is C17H12ClFN4O. The van der Waals surface area contributed by atoms with Crippen LogP contribution in [0.15, 0.2) is 60.8 Å². The fourth-order valence-electron chi connectivity index (χ4n) is 1.97. The predicted octanol–water partition coefficient (Wildman–Crippen LogP) is 4.27. The average molecular weight is 343 g/mol. The smallest absolute Gasteiger partial charge is 0.274 e. The first-order chi connectivity index (χ1) is 11.6. The molecule has 0 saturated heterocycles. The Morgan fingerprint density at radius 1 is 1.04 bits per heavy atom. The molecule has 0 fully saturated rings. The van der Waals surface area contributed by atoms with Gasteiger partial charge in [0.1, 0.15) is 11.5 Å². The molecule has 0 radical (unpaired) electrons. The van der Waals surface area contributed by atoms with Gasteiger partial charge in [-0.25, -0.2) is 14.4 Å². The number of amides is 1. The summed E-state index contributed by atoms with van der Waals surface area (Å²) in [6.07, 6.45) is 1.45. The van der Waals surface area contributed by atoms with Crippen LogP contribution in [0, 0.1) is 5.82 Å². The van der Waals surface area contributed by atoms with Gasteiger partial charge in [-0.3, -0.25) is 4.79 Å². The van der Waals surface area contributed by atoms with E-state index < -0.39 is 0 Å². The molecule has 2 aromatic carbocycles. The van der Waals surface area contributed by atoms with Crippen molar-refractivity contribution in [3.05, 3.63) is 77.3 Å². The lowest BCUT2D eigenvalue weighted by Gasteiger charge is -2.07. The molecule has 3 aromatic rings. The lowest BCUT2D eigenvalue weighted by atomic mass is 10.3. The van der Waals surface area contributed by atoms with Gasteiger partial charge < -0.3 is 10.6 Å². The minimum atomic E-state index is -0.387. The van der Waals surface area contributed by atoms with Crippen molar-refractivity contribution >= 4 is 34.8 Å². The summed E-state index contributed by atoms with van der Waals surface area (Å²) in [5.74, 6) is -0.567. The van der Waals surface area contributed by atoms with Crippen LogP contribution in [0.4, 0.5) is 21.7 Å². The SMILES string of the molecule is O=C(Nc1ccc(Cl)cc1)c1ccnc(Nc2cccc(F)c2)n1. The van der Waals surface area contributed by atoms with E-state index in [4.69, 9.17) is 11.6 Å². The largest absolute Gasteiger partial charge is 0.324 e. The molecule has 0 aliphatic carbocycles. The zero-order valence-electron chi connectivity index (χ0n) is 12.3. The van der Waals surface area contributed by atoms with Gasteiger partial charge in [0.2, 0.25) is 5.95 Å². The minimum absolute atomic E-state index is 0.179. The van der Waals surface area contributed by atoms with Crippen molar-refractivity contribution in [1.29, 1.82) is 0 Å². The highest BCUT2D eigenvalue weighted by molar-refractivity contribution is 6.30. The topological polar surface area (TPSA) is 66.9 Å². The highest BCUT2D eigenvalue weighted by Crippen LogP contribution is 2.16. The number of rotatable bonds is 4. The van der Waals surface area contributed by atoms with Crippen LogP contribution >= 0.6 is 11.6 Å². The van der Waals surface area contributed by atoms with E-state index in [0.29, 0.717) is 16.4 Å². The normalized spacial score (nSPS) is 10.2. The first kappa shape index (κ1) is 15.9. The van der Waals surface area contributed by atoms with E-state index in [9.17, 15) is 9.18 Å². The Bertz CT molecular complexity index is 870. The first-order valence-electron chi connectivity index (χ1n) is 7.03. The summed E-state index contributed by atoms with van der Waals surface area (Å²) < 4.78 is 13.2. The Balaban J connectivity index is 1.74. The van der Waals surface area contributed by atoms with E-state index in [1.54, 1.807) is 36.4 Å². The second-order valence-electron chi connectivity index (χ2n) is 4.86. The quantitative estimate of drug-likeness (QED) is 0.743. The van der Waals surface area contributed by atoms with Crippen molar-refractivity contribution in [2.45, 2.75) is 0 Å². The molecule has 0 spiro atoms. The molecule has 0 aliphatic rings. The molecule has 0 atom stereocenters. The Kier molecular flexibility index (Phi) is 4.67. The van der Waals surface area contributed by atoms with Gasteiger partial charge in [-0.15, -0.1) is 0 Å². The molecule has 0 aliphatic heterocycles. The van der Waals surface area contributed by atoms with E-state index in [1.165, 1.54) is 24.4 Å². The molecule has 1 heterocycles. The number of carbonyl (C=O) groups excluding carboxylic acids is 1. The van der Waals surface area contributed by atoms with Crippen molar-refractivity contribution in [2.24, 2.45) is 0 Å². The Morgan fingerprint density at radius 3 is 2.58 bits per heavy atom. The van der Waals surface area contributed by atoms with Gasteiger partial charge in [0.05, 0.1) is 0 Å². The van der Waals surface area contributed by atoms with Crippen LogP contribution in [0.5, 0.6) is 0 Å². The van der Waals surface area contributed by atoms with Crippen molar-refractivity contribution in [2.75, 3.05) is 10.6 Å². The van der Waals surface area contributed by atoms with Gasteiger partial charge in [-0.05, 0) is 48.5 Å². The number of carbonyl (C=O) groups is 1. The maximum atomic E-state index is 13.2. The minimum Gasteiger partial charge on any atom is -0.324 e. The van der Waals surface area contributed by atoms with Crippen LogP contribution in [-0.4, -0.2) is 15.9 Å². The van der Waals surface area contributed by atoms with Crippen LogP contribution in [0.2, 0.25) is 5.02 Å². The standard InChI is InChI=1S/C17H12ClFN4O/c18-11-4-6-13(7-5-11)21-16(24)15-8-9-20-17(23-15)22-14-3-1-2-12(19)10-14/h1-10H,(H,21,24)(H,20,22,23). The lowest BCUT2D eigenvalue weighted by Crippen LogP contribution is -2.14. The summed E-state index contributed by atoms with van der Waals surface area (Å²) in [4.78, 5) is 20.4. The molecule has 5 nitrogen and oxygen atoms in total. The first-order valence-corrected chi connectivity index (χ1v) is 7.40. The maximum Gasteiger partial charge on any atom is 0.274 e. The van der Waals surface area contributed by atoms with E-state index in [1.807, 2.05) is 0 Å². The van der Waals surface area contributed by atoms with E-state index in [0.717, 1.165) is 0 Å². The van der Waals surface area contributed by atoms with Gasteiger partial charge in [-0.2, -0.15) is 0 Å². The van der Waals surface area contributed by atoms with E-state index in [2.05, 4.69) is 20.6 Å². The number of aromatic nitrogens is 2. The van der Waals surface area contributed by atoms with Crippen molar-refractivity contribution in [1.82, 2.24) is 9.97 Å². The molecule has 0 saturated carbocycles. The number of nitrogens with zero attached hydrogens (tertiary/aromatic N) is 2. The van der Waals surface area contributed by atoms with Crippen molar-refractivity contribution < 1.29 is 9.18 Å². The lowest BCUT2D eigenvalue weighted by molar-refractivity contribution is 0.102. The Morgan fingerprint density at radius 2 is 1.83 bits per heavy atom. The van der Waals surface area contributed by atoms with Gasteiger partial charge >= 0.3 is 0 Å². The number of anilines is 3. The number of halogens is 2. The summed E-state index contributed by atoms with van der Waals surface area (Å²) in [5, 5.41) is 6.14. The third-order valence-electron chi connectivity index (χ3n) is 3.07. The average Bonchev–Trinajstić information content (AvgIpc) is 2.57. The fourth-order valence-corrected chi connectivity index (χ4v) is 2.10. The zero-order chi connectivity index (χ0) is 16.9. The fraction of sp³-hybridized carbons (Fsp3) is 0. The van der Waals surface area contributed by atoms with E-state index in [-0.39, 0.29) is 23.4 Å². The number of nitrogens with one attached hydrogen (secondary N) is 2. The number of benzene rings is 2.